The molecule has 4 atom stereocenters. The van der Waals surface area contributed by atoms with Crippen LogP contribution in [-0.4, -0.2) is 43.8 Å². The second-order valence-corrected chi connectivity index (χ2v) is 17.2. The minimum Gasteiger partial charge on any atom is -0.497 e. The van der Waals surface area contributed by atoms with Gasteiger partial charge < -0.3 is 18.6 Å². The third-order valence-corrected chi connectivity index (χ3v) is 13.4. The molecule has 0 saturated carbocycles. The van der Waals surface area contributed by atoms with E-state index in [1.165, 1.54) is 0 Å². The van der Waals surface area contributed by atoms with E-state index in [9.17, 15) is 4.79 Å². The van der Waals surface area contributed by atoms with E-state index in [1.54, 1.807) is 31.2 Å². The average molecular weight is 513 g/mol. The number of hydrogen-bond donors (Lipinski definition) is 0. The van der Waals surface area contributed by atoms with Crippen molar-refractivity contribution in [3.63, 3.8) is 0 Å². The number of fused-ring (bicyclic) bond motifs is 2. The van der Waals surface area contributed by atoms with Crippen LogP contribution in [0.5, 0.6) is 11.5 Å². The van der Waals surface area contributed by atoms with Crippen molar-refractivity contribution >= 4 is 25.9 Å². The molecule has 2 aromatic carbocycles. The van der Waals surface area contributed by atoms with Gasteiger partial charge >= 0.3 is 0 Å². The number of ketones is 1. The topological polar surface area (TPSA) is 54.0 Å². The number of hydrogen-bond acceptors (Lipinski definition) is 6. The van der Waals surface area contributed by atoms with E-state index in [-0.39, 0.29) is 23.0 Å². The third-order valence-electron chi connectivity index (χ3n) is 7.56. The van der Waals surface area contributed by atoms with Crippen molar-refractivity contribution in [2.45, 2.75) is 79.7 Å². The second-order valence-electron chi connectivity index (χ2n) is 10.9. The molecule has 4 rings (SSSR count). The van der Waals surface area contributed by atoms with Crippen molar-refractivity contribution in [3.05, 3.63) is 66.9 Å². The number of carbonyl (C=O) groups excluding carboxylic acids is 1. The van der Waals surface area contributed by atoms with Gasteiger partial charge in [-0.25, -0.2) is 0 Å². The van der Waals surface area contributed by atoms with Gasteiger partial charge in [0.15, 0.2) is 19.7 Å². The van der Waals surface area contributed by atoms with E-state index in [4.69, 9.17) is 18.6 Å². The zero-order valence-electron chi connectivity index (χ0n) is 21.7. The molecule has 188 valence electrons. The molecule has 2 bridgehead atoms. The average Bonchev–Trinajstić information content (AvgIpc) is 3.26. The lowest BCUT2D eigenvalue weighted by molar-refractivity contribution is -0.132. The molecule has 0 unspecified atom stereocenters. The molecule has 35 heavy (non-hydrogen) atoms. The first-order valence-corrected chi connectivity index (χ1v) is 15.8. The Morgan fingerprint density at radius 1 is 1.06 bits per heavy atom. The van der Waals surface area contributed by atoms with Gasteiger partial charge in [0.25, 0.3) is 0 Å². The lowest BCUT2D eigenvalue weighted by Gasteiger charge is -2.43. The maximum absolute atomic E-state index is 14.2. The molecule has 5 nitrogen and oxygen atoms in total. The maximum Gasteiger partial charge on any atom is 0.192 e. The van der Waals surface area contributed by atoms with Crippen molar-refractivity contribution in [2.75, 3.05) is 7.11 Å². The normalized spacial score (nSPS) is 28.6. The Kier molecular flexibility index (Phi) is 7.01. The zero-order chi connectivity index (χ0) is 25.5. The fourth-order valence-electron chi connectivity index (χ4n) is 4.40. The molecule has 2 saturated heterocycles. The quantitative estimate of drug-likeness (QED) is 0.292. The summed E-state index contributed by atoms with van der Waals surface area (Å²) in [7, 11) is -0.519. The van der Waals surface area contributed by atoms with Crippen LogP contribution in [0.3, 0.4) is 0 Å². The number of methoxy groups -OCH3 is 1. The van der Waals surface area contributed by atoms with Gasteiger partial charge in [-0.1, -0.05) is 39.0 Å². The Balaban J connectivity index is 1.63. The first kappa shape index (κ1) is 26.0. The Bertz CT molecular complexity index is 1080. The predicted molar refractivity (Wildman–Crippen MR) is 143 cm³/mol. The summed E-state index contributed by atoms with van der Waals surface area (Å²) < 4.78 is 23.7. The van der Waals surface area contributed by atoms with Crippen LogP contribution in [0.1, 0.15) is 34.1 Å². The van der Waals surface area contributed by atoms with E-state index < -0.39 is 18.7 Å². The van der Waals surface area contributed by atoms with Crippen molar-refractivity contribution in [1.29, 1.82) is 0 Å². The highest BCUT2D eigenvalue weighted by Crippen LogP contribution is 2.57. The molecular formula is C28H36O5SSi. The molecule has 2 aromatic rings. The van der Waals surface area contributed by atoms with Crippen LogP contribution in [0, 0.1) is 0 Å². The number of ether oxygens (including phenoxy) is 3. The predicted octanol–water partition coefficient (Wildman–Crippen LogP) is 6.64. The molecule has 0 spiro atoms. The molecule has 2 heterocycles. The maximum atomic E-state index is 14.2. The van der Waals surface area contributed by atoms with E-state index in [0.29, 0.717) is 12.2 Å². The van der Waals surface area contributed by atoms with Gasteiger partial charge in [0.05, 0.1) is 25.6 Å². The Morgan fingerprint density at radius 2 is 1.69 bits per heavy atom. The summed E-state index contributed by atoms with van der Waals surface area (Å²) in [5.74, 6) is 1.44. The second kappa shape index (κ2) is 9.43. The number of Topliss-reactive ketones (excluding diaryl/α,β-unsaturated/α-hetero) is 1. The summed E-state index contributed by atoms with van der Waals surface area (Å²) in [6, 6.07) is 17.4. The number of thioether (sulfide) groups is 1. The monoisotopic (exact) mass is 512 g/mol. The number of carbonyl (C=O) groups is 1. The van der Waals surface area contributed by atoms with Crippen LogP contribution < -0.4 is 9.47 Å². The van der Waals surface area contributed by atoms with Crippen LogP contribution in [0.15, 0.2) is 71.8 Å². The van der Waals surface area contributed by atoms with Gasteiger partial charge in [-0.05, 0) is 67.5 Å². The highest BCUT2D eigenvalue weighted by atomic mass is 32.2. The van der Waals surface area contributed by atoms with Crippen LogP contribution >= 0.6 is 11.8 Å². The SMILES string of the molecule is COc1ccc(O/C=C/[C@@]23O[C@@H](C[C@H]2O[Si](C)(C)C(C)(C)C)[C@@](C)(Sc2ccccc2)C3=O)cc1. The minimum atomic E-state index is -2.15. The fraction of sp³-hybridized carbons (Fsp3) is 0.464. The lowest BCUT2D eigenvalue weighted by atomic mass is 9.78. The Labute approximate surface area is 214 Å². The van der Waals surface area contributed by atoms with Crippen LogP contribution in [0.25, 0.3) is 0 Å². The molecule has 0 radical (unpaired) electrons. The number of rotatable bonds is 8. The van der Waals surface area contributed by atoms with Crippen molar-refractivity contribution in [3.8, 4) is 11.5 Å². The van der Waals surface area contributed by atoms with Crippen LogP contribution in [-0.2, 0) is 14.0 Å². The smallest absolute Gasteiger partial charge is 0.192 e. The Morgan fingerprint density at radius 3 is 2.29 bits per heavy atom. The fourth-order valence-corrected chi connectivity index (χ4v) is 7.05. The van der Waals surface area contributed by atoms with E-state index in [0.717, 1.165) is 10.6 Å². The standard InChI is InChI=1S/C28H36O5SSi/c1-26(2,3)35(6,7)33-24-19-23-27(4,34-22-11-9-8-10-12-22)25(29)28(24,32-23)17-18-31-21-15-13-20(30-5)14-16-21/h8-18,23-24H,19H2,1-7H3/b18-17+/t23-,24+,27+,28+/m0/s1. The molecule has 2 aliphatic rings. The number of benzene rings is 2. The molecule has 2 fully saturated rings. The summed E-state index contributed by atoms with van der Waals surface area (Å²) in [4.78, 5) is 15.2. The highest BCUT2D eigenvalue weighted by Gasteiger charge is 2.70. The van der Waals surface area contributed by atoms with Crippen LogP contribution in [0.4, 0.5) is 0 Å². The highest BCUT2D eigenvalue weighted by molar-refractivity contribution is 8.01. The summed E-state index contributed by atoms with van der Waals surface area (Å²) in [5.41, 5.74) is -1.18. The molecule has 0 amide bonds. The third kappa shape index (κ3) is 4.84. The van der Waals surface area contributed by atoms with E-state index in [2.05, 4.69) is 33.9 Å². The first-order valence-electron chi connectivity index (χ1n) is 12.0. The summed E-state index contributed by atoms with van der Waals surface area (Å²) in [6.07, 6.45) is 3.42. The van der Waals surface area contributed by atoms with Gasteiger partial charge in [0, 0.05) is 11.3 Å². The molecule has 2 aliphatic heterocycles. The summed E-state index contributed by atoms with van der Waals surface area (Å²) in [6.45, 7) is 13.1. The van der Waals surface area contributed by atoms with Crippen molar-refractivity contribution in [2.24, 2.45) is 0 Å². The molecule has 0 N–H and O–H groups in total. The van der Waals surface area contributed by atoms with Gasteiger partial charge in [-0.2, -0.15) is 0 Å². The van der Waals surface area contributed by atoms with Crippen molar-refractivity contribution < 1.29 is 23.4 Å². The largest absolute Gasteiger partial charge is 0.497 e. The van der Waals surface area contributed by atoms with Gasteiger partial charge in [0.2, 0.25) is 0 Å². The van der Waals surface area contributed by atoms with Gasteiger partial charge in [-0.3, -0.25) is 4.79 Å². The first-order chi connectivity index (χ1) is 16.4. The summed E-state index contributed by atoms with van der Waals surface area (Å²) in [5, 5.41) is 0.0183. The Hall–Kier alpha value is -2.06. The molecule has 0 aliphatic carbocycles. The van der Waals surface area contributed by atoms with E-state index >= 15 is 0 Å². The van der Waals surface area contributed by atoms with Crippen molar-refractivity contribution in [1.82, 2.24) is 0 Å². The van der Waals surface area contributed by atoms with Gasteiger partial charge in [-0.15, -0.1) is 11.8 Å². The molecule has 7 heteroatoms. The van der Waals surface area contributed by atoms with Gasteiger partial charge in [0.1, 0.15) is 16.2 Å². The van der Waals surface area contributed by atoms with E-state index in [1.807, 2.05) is 61.5 Å². The summed E-state index contributed by atoms with van der Waals surface area (Å²) >= 11 is 1.58. The lowest BCUT2D eigenvalue weighted by Crippen LogP contribution is -2.58. The minimum absolute atomic E-state index is 0.0183. The molecule has 0 aromatic heterocycles. The van der Waals surface area contributed by atoms with Crippen LogP contribution in [0.2, 0.25) is 18.1 Å². The zero-order valence-corrected chi connectivity index (χ0v) is 23.5. The molecular weight excluding hydrogens is 476 g/mol.